The van der Waals surface area contributed by atoms with Gasteiger partial charge >= 0.3 is 0 Å². The monoisotopic (exact) mass is 220 g/mol. The fourth-order valence-electron chi connectivity index (χ4n) is 2.15. The number of primary sulfonamides is 1. The second kappa shape index (κ2) is 4.59. The molecule has 2 atom stereocenters. The molecule has 1 saturated heterocycles. The topological polar surface area (TPSA) is 63.4 Å². The van der Waals surface area contributed by atoms with Gasteiger partial charge in [0, 0.05) is 18.6 Å². The number of likely N-dealkylation sites (tertiary alicyclic amines) is 1. The van der Waals surface area contributed by atoms with E-state index in [1.165, 1.54) is 6.42 Å². The molecule has 0 aromatic rings. The Balaban J connectivity index is 2.48. The normalized spacial score (nSPS) is 30.5. The molecule has 4 nitrogen and oxygen atoms in total. The van der Waals surface area contributed by atoms with E-state index in [1.54, 1.807) is 0 Å². The predicted octanol–water partition coefficient (Wildman–Crippen LogP) is 0.538. The van der Waals surface area contributed by atoms with Gasteiger partial charge in [0.1, 0.15) is 0 Å². The molecule has 0 amide bonds. The maximum Gasteiger partial charge on any atom is 0.210 e. The van der Waals surface area contributed by atoms with Crippen LogP contribution in [0.2, 0.25) is 0 Å². The Morgan fingerprint density at radius 1 is 1.29 bits per heavy atom. The summed E-state index contributed by atoms with van der Waals surface area (Å²) in [7, 11) is -3.31. The van der Waals surface area contributed by atoms with Crippen LogP contribution in [0.4, 0.5) is 0 Å². The molecule has 2 N–H and O–H groups in total. The van der Waals surface area contributed by atoms with Gasteiger partial charge in [0.15, 0.2) is 0 Å². The van der Waals surface area contributed by atoms with Crippen molar-refractivity contribution >= 4 is 10.0 Å². The molecule has 0 bridgehead atoms. The van der Waals surface area contributed by atoms with E-state index < -0.39 is 10.0 Å². The van der Waals surface area contributed by atoms with Crippen molar-refractivity contribution in [3.63, 3.8) is 0 Å². The van der Waals surface area contributed by atoms with Crippen molar-refractivity contribution in [1.82, 2.24) is 4.90 Å². The molecule has 5 heteroatoms. The third kappa shape index (κ3) is 3.55. The number of nitrogens with zero attached hydrogens (tertiary/aromatic N) is 1. The minimum atomic E-state index is -3.31. The van der Waals surface area contributed by atoms with Crippen molar-refractivity contribution in [2.75, 3.05) is 12.3 Å². The Kier molecular flexibility index (Phi) is 3.92. The first kappa shape index (κ1) is 11.9. The van der Waals surface area contributed by atoms with Gasteiger partial charge in [-0.3, -0.25) is 4.90 Å². The van der Waals surface area contributed by atoms with Crippen LogP contribution in [0.15, 0.2) is 0 Å². The number of rotatable bonds is 3. The van der Waals surface area contributed by atoms with E-state index in [2.05, 4.69) is 18.7 Å². The molecule has 0 aromatic heterocycles. The molecule has 1 rings (SSSR count). The van der Waals surface area contributed by atoms with Gasteiger partial charge in [-0.25, -0.2) is 13.6 Å². The molecule has 0 spiro atoms. The molecular formula is C9H20N2O2S. The van der Waals surface area contributed by atoms with Crippen molar-refractivity contribution in [2.24, 2.45) is 5.14 Å². The fraction of sp³-hybridized carbons (Fsp3) is 1.00. The zero-order chi connectivity index (χ0) is 10.8. The van der Waals surface area contributed by atoms with Gasteiger partial charge in [0.2, 0.25) is 10.0 Å². The Morgan fingerprint density at radius 3 is 2.21 bits per heavy atom. The van der Waals surface area contributed by atoms with Gasteiger partial charge in [-0.05, 0) is 26.7 Å². The average Bonchev–Trinajstić information content (AvgIpc) is 2.01. The molecule has 1 heterocycles. The smallest absolute Gasteiger partial charge is 0.210 e. The zero-order valence-corrected chi connectivity index (χ0v) is 9.76. The standard InChI is InChI=1S/C9H20N2O2S/c1-8-4-3-5-9(2)11(8)6-7-14(10,12)13/h8-9H,3-7H2,1-2H3,(H2,10,12,13). The number of sulfonamides is 1. The number of piperidine rings is 1. The summed E-state index contributed by atoms with van der Waals surface area (Å²) in [6.07, 6.45) is 3.57. The summed E-state index contributed by atoms with van der Waals surface area (Å²) in [4.78, 5) is 2.24. The van der Waals surface area contributed by atoms with Crippen LogP contribution in [0.25, 0.3) is 0 Å². The highest BCUT2D eigenvalue weighted by molar-refractivity contribution is 7.89. The Morgan fingerprint density at radius 2 is 1.79 bits per heavy atom. The maximum atomic E-state index is 10.8. The first-order valence-corrected chi connectivity index (χ1v) is 6.88. The van der Waals surface area contributed by atoms with Crippen LogP contribution in [0.5, 0.6) is 0 Å². The largest absolute Gasteiger partial charge is 0.297 e. The van der Waals surface area contributed by atoms with Crippen molar-refractivity contribution in [3.05, 3.63) is 0 Å². The molecule has 84 valence electrons. The molecule has 2 unspecified atom stereocenters. The van der Waals surface area contributed by atoms with Crippen molar-refractivity contribution in [2.45, 2.75) is 45.2 Å². The van der Waals surface area contributed by atoms with E-state index in [9.17, 15) is 8.42 Å². The third-order valence-corrected chi connectivity index (χ3v) is 3.76. The van der Waals surface area contributed by atoms with Crippen LogP contribution >= 0.6 is 0 Å². The Hall–Kier alpha value is -0.130. The lowest BCUT2D eigenvalue weighted by Crippen LogP contribution is -2.46. The van der Waals surface area contributed by atoms with Crippen LogP contribution in [0.1, 0.15) is 33.1 Å². The van der Waals surface area contributed by atoms with Crippen molar-refractivity contribution in [1.29, 1.82) is 0 Å². The van der Waals surface area contributed by atoms with Crippen LogP contribution in [0.3, 0.4) is 0 Å². The summed E-state index contributed by atoms with van der Waals surface area (Å²) in [6.45, 7) is 4.87. The summed E-state index contributed by atoms with van der Waals surface area (Å²) >= 11 is 0. The molecule has 0 saturated carbocycles. The van der Waals surface area contributed by atoms with E-state index >= 15 is 0 Å². The van der Waals surface area contributed by atoms with Crippen LogP contribution in [-0.2, 0) is 10.0 Å². The zero-order valence-electron chi connectivity index (χ0n) is 8.94. The molecule has 1 aliphatic heterocycles. The van der Waals surface area contributed by atoms with Gasteiger partial charge in [0.05, 0.1) is 5.75 Å². The Labute approximate surface area is 86.5 Å². The predicted molar refractivity (Wildman–Crippen MR) is 57.5 cm³/mol. The molecular weight excluding hydrogens is 200 g/mol. The van der Waals surface area contributed by atoms with Crippen LogP contribution in [0, 0.1) is 0 Å². The second-order valence-electron chi connectivity index (χ2n) is 4.23. The first-order chi connectivity index (χ1) is 6.40. The first-order valence-electron chi connectivity index (χ1n) is 5.16. The Bertz CT molecular complexity index is 267. The highest BCUT2D eigenvalue weighted by Crippen LogP contribution is 2.21. The lowest BCUT2D eigenvalue weighted by molar-refractivity contribution is 0.111. The summed E-state index contributed by atoms with van der Waals surface area (Å²) < 4.78 is 21.7. The van der Waals surface area contributed by atoms with Gasteiger partial charge in [-0.2, -0.15) is 0 Å². The van der Waals surface area contributed by atoms with E-state index in [1.807, 2.05) is 0 Å². The highest BCUT2D eigenvalue weighted by atomic mass is 32.2. The SMILES string of the molecule is CC1CCCC(C)N1CCS(N)(=O)=O. The summed E-state index contributed by atoms with van der Waals surface area (Å²) in [6, 6.07) is 0.973. The quantitative estimate of drug-likeness (QED) is 0.755. The molecule has 1 fully saturated rings. The fourth-order valence-corrected chi connectivity index (χ4v) is 2.61. The minimum absolute atomic E-state index is 0.0711. The van der Waals surface area contributed by atoms with E-state index in [-0.39, 0.29) is 5.75 Å². The van der Waals surface area contributed by atoms with E-state index in [0.717, 1.165) is 12.8 Å². The molecule has 0 aliphatic carbocycles. The highest BCUT2D eigenvalue weighted by Gasteiger charge is 2.24. The third-order valence-electron chi connectivity index (χ3n) is 3.01. The van der Waals surface area contributed by atoms with Crippen LogP contribution < -0.4 is 5.14 Å². The van der Waals surface area contributed by atoms with E-state index in [4.69, 9.17) is 5.14 Å². The second-order valence-corrected chi connectivity index (χ2v) is 5.97. The van der Waals surface area contributed by atoms with Crippen molar-refractivity contribution < 1.29 is 8.42 Å². The summed E-state index contributed by atoms with van der Waals surface area (Å²) in [5.41, 5.74) is 0. The molecule has 1 aliphatic rings. The number of hydrogen-bond donors (Lipinski definition) is 1. The number of hydrogen-bond acceptors (Lipinski definition) is 3. The lowest BCUT2D eigenvalue weighted by Gasteiger charge is -2.38. The minimum Gasteiger partial charge on any atom is -0.297 e. The lowest BCUT2D eigenvalue weighted by atomic mass is 9.98. The van der Waals surface area contributed by atoms with Gasteiger partial charge in [-0.1, -0.05) is 6.42 Å². The van der Waals surface area contributed by atoms with Gasteiger partial charge < -0.3 is 0 Å². The average molecular weight is 220 g/mol. The van der Waals surface area contributed by atoms with Gasteiger partial charge in [-0.15, -0.1) is 0 Å². The summed E-state index contributed by atoms with van der Waals surface area (Å²) in [5.74, 6) is 0.0711. The molecule has 0 radical (unpaired) electrons. The van der Waals surface area contributed by atoms with Crippen LogP contribution in [-0.4, -0.2) is 37.7 Å². The van der Waals surface area contributed by atoms with Crippen molar-refractivity contribution in [3.8, 4) is 0 Å². The molecule has 0 aromatic carbocycles. The number of nitrogens with two attached hydrogens (primary N) is 1. The van der Waals surface area contributed by atoms with Gasteiger partial charge in [0.25, 0.3) is 0 Å². The maximum absolute atomic E-state index is 10.8. The molecule has 14 heavy (non-hydrogen) atoms. The summed E-state index contributed by atoms with van der Waals surface area (Å²) in [5, 5.41) is 4.99. The van der Waals surface area contributed by atoms with E-state index in [0.29, 0.717) is 18.6 Å².